The van der Waals surface area contributed by atoms with Crippen LogP contribution in [-0.2, 0) is 5.41 Å². The van der Waals surface area contributed by atoms with Crippen molar-refractivity contribution in [2.75, 3.05) is 0 Å². The fraction of sp³-hybridized carbons (Fsp3) is 0.0182. The topological polar surface area (TPSA) is 13.1 Å². The van der Waals surface area contributed by atoms with E-state index in [1.54, 1.807) is 0 Å². The molecule has 10 aromatic carbocycles. The lowest BCUT2D eigenvalue weighted by Gasteiger charge is -2.30. The second-order valence-electron chi connectivity index (χ2n) is 15.4. The van der Waals surface area contributed by atoms with Crippen LogP contribution in [0.3, 0.4) is 0 Å². The van der Waals surface area contributed by atoms with Crippen molar-refractivity contribution in [3.05, 3.63) is 216 Å². The molecule has 11 aromatic rings. The zero-order chi connectivity index (χ0) is 36.5. The van der Waals surface area contributed by atoms with Gasteiger partial charge in [-0.3, -0.25) is 0 Å². The summed E-state index contributed by atoms with van der Waals surface area (Å²) >= 11 is 0. The molecule has 0 saturated carbocycles. The highest BCUT2D eigenvalue weighted by Crippen LogP contribution is 2.66. The van der Waals surface area contributed by atoms with Gasteiger partial charge in [-0.25, -0.2) is 0 Å². The summed E-state index contributed by atoms with van der Waals surface area (Å²) in [5, 5.41) is 11.3. The van der Waals surface area contributed by atoms with E-state index in [1.807, 2.05) is 0 Å². The minimum Gasteiger partial charge on any atom is -0.456 e. The molecule has 13 rings (SSSR count). The van der Waals surface area contributed by atoms with Gasteiger partial charge in [0, 0.05) is 16.5 Å². The molecule has 2 aliphatic carbocycles. The highest BCUT2D eigenvalue weighted by molar-refractivity contribution is 6.24. The van der Waals surface area contributed by atoms with E-state index in [1.165, 1.54) is 110 Å². The highest BCUT2D eigenvalue weighted by Gasteiger charge is 2.54. The molecule has 1 heterocycles. The van der Waals surface area contributed by atoms with Crippen molar-refractivity contribution in [1.82, 2.24) is 0 Å². The first kappa shape index (κ1) is 30.1. The van der Waals surface area contributed by atoms with E-state index in [9.17, 15) is 0 Å². The van der Waals surface area contributed by atoms with Crippen LogP contribution in [0.4, 0.5) is 0 Å². The summed E-state index contributed by atoms with van der Waals surface area (Å²) in [6.07, 6.45) is 0. The van der Waals surface area contributed by atoms with E-state index < -0.39 is 5.41 Å². The summed E-state index contributed by atoms with van der Waals surface area (Å²) in [6, 6.07) is 72.0. The Balaban J connectivity index is 1.18. The fourth-order valence-corrected chi connectivity index (χ4v) is 10.7. The fourth-order valence-electron chi connectivity index (χ4n) is 10.7. The van der Waals surface area contributed by atoms with Crippen molar-refractivity contribution < 1.29 is 4.42 Å². The van der Waals surface area contributed by atoms with Crippen molar-refractivity contribution in [1.29, 1.82) is 0 Å². The van der Waals surface area contributed by atoms with Gasteiger partial charge in [0.15, 0.2) is 0 Å². The minimum absolute atomic E-state index is 0.558. The second kappa shape index (κ2) is 10.9. The maximum atomic E-state index is 6.86. The maximum absolute atomic E-state index is 6.86. The van der Waals surface area contributed by atoms with Crippen LogP contribution in [0.15, 0.2) is 199 Å². The SMILES string of the molecule is c1ccc2c(c1)-c1oc3ccccc3c1C21c2cc(-c3c4ccccc4c(-c4cccc5ccccc45)c4ccccc34)ccc2-c2c1ccc1ccccc21. The molecule has 1 heteroatoms. The van der Waals surface area contributed by atoms with Gasteiger partial charge in [-0.15, -0.1) is 0 Å². The molecule has 1 nitrogen and oxygen atoms in total. The van der Waals surface area contributed by atoms with Crippen molar-refractivity contribution >= 4 is 54.1 Å². The molecule has 0 amide bonds. The molecule has 1 unspecified atom stereocenters. The molecule has 1 atom stereocenters. The van der Waals surface area contributed by atoms with E-state index in [-0.39, 0.29) is 0 Å². The Morgan fingerprint density at radius 2 is 0.893 bits per heavy atom. The summed E-state index contributed by atoms with van der Waals surface area (Å²) in [5.41, 5.74) is 14.4. The zero-order valence-corrected chi connectivity index (χ0v) is 30.4. The smallest absolute Gasteiger partial charge is 0.140 e. The number of furan rings is 1. The molecule has 0 fully saturated rings. The third kappa shape index (κ3) is 3.70. The molecule has 0 aliphatic heterocycles. The Kier molecular flexibility index (Phi) is 5.89. The van der Waals surface area contributed by atoms with Gasteiger partial charge in [0.2, 0.25) is 0 Å². The summed E-state index contributed by atoms with van der Waals surface area (Å²) < 4.78 is 6.86. The summed E-state index contributed by atoms with van der Waals surface area (Å²) in [5.74, 6) is 0.981. The molecular formula is C55H32O. The van der Waals surface area contributed by atoms with Gasteiger partial charge in [0.1, 0.15) is 11.3 Å². The first-order valence-corrected chi connectivity index (χ1v) is 19.5. The third-order valence-electron chi connectivity index (χ3n) is 12.9. The Morgan fingerprint density at radius 1 is 0.321 bits per heavy atom. The quantitative estimate of drug-likeness (QED) is 0.163. The number of hydrogen-bond donors (Lipinski definition) is 0. The van der Waals surface area contributed by atoms with Gasteiger partial charge in [0.25, 0.3) is 0 Å². The third-order valence-corrected chi connectivity index (χ3v) is 12.9. The van der Waals surface area contributed by atoms with Gasteiger partial charge < -0.3 is 4.42 Å². The van der Waals surface area contributed by atoms with Crippen molar-refractivity contribution in [3.63, 3.8) is 0 Å². The van der Waals surface area contributed by atoms with Gasteiger partial charge in [0.05, 0.1) is 5.41 Å². The number of rotatable bonds is 2. The lowest BCUT2D eigenvalue weighted by Crippen LogP contribution is -2.26. The molecule has 0 N–H and O–H groups in total. The first-order valence-electron chi connectivity index (χ1n) is 19.5. The average Bonchev–Trinajstić information content (AvgIpc) is 3.89. The van der Waals surface area contributed by atoms with Crippen LogP contribution in [0.5, 0.6) is 0 Å². The average molecular weight is 709 g/mol. The molecule has 56 heavy (non-hydrogen) atoms. The van der Waals surface area contributed by atoms with Crippen LogP contribution in [-0.4, -0.2) is 0 Å². The number of fused-ring (bicyclic) bond motifs is 17. The molecule has 258 valence electrons. The van der Waals surface area contributed by atoms with Crippen LogP contribution in [0.2, 0.25) is 0 Å². The van der Waals surface area contributed by atoms with Crippen LogP contribution in [0.25, 0.3) is 98.8 Å². The first-order chi connectivity index (χ1) is 27.8. The Morgan fingerprint density at radius 3 is 1.66 bits per heavy atom. The lowest BCUT2D eigenvalue weighted by atomic mass is 9.69. The molecule has 0 bridgehead atoms. The van der Waals surface area contributed by atoms with E-state index in [4.69, 9.17) is 4.42 Å². The summed E-state index contributed by atoms with van der Waals surface area (Å²) in [4.78, 5) is 0. The predicted octanol–water partition coefficient (Wildman–Crippen LogP) is 14.7. The van der Waals surface area contributed by atoms with Crippen LogP contribution < -0.4 is 0 Å². The molecule has 1 aromatic heterocycles. The van der Waals surface area contributed by atoms with E-state index in [2.05, 4.69) is 194 Å². The minimum atomic E-state index is -0.558. The maximum Gasteiger partial charge on any atom is 0.140 e. The largest absolute Gasteiger partial charge is 0.456 e. The standard InChI is InChI=1S/C55H32O/c1-3-17-36-33(14-1)16-13-25-38(36)51-41-21-7-5-19-39(41)50(40-20-6-8-22-42(40)51)35-28-30-43-48(32-35)55(47-31-29-34-15-2-4-18-37(34)52(43)47)46-26-11-9-23-44(46)54-53(55)45-24-10-12-27-49(45)56-54/h1-32H. The van der Waals surface area contributed by atoms with Crippen molar-refractivity contribution in [2.45, 2.75) is 5.41 Å². The zero-order valence-electron chi connectivity index (χ0n) is 30.4. The van der Waals surface area contributed by atoms with E-state index >= 15 is 0 Å². The predicted molar refractivity (Wildman–Crippen MR) is 233 cm³/mol. The Hall–Kier alpha value is -7.22. The molecule has 0 saturated heterocycles. The van der Waals surface area contributed by atoms with Gasteiger partial charge in [-0.05, 0) is 105 Å². The summed E-state index contributed by atoms with van der Waals surface area (Å²) in [7, 11) is 0. The highest BCUT2D eigenvalue weighted by atomic mass is 16.3. The van der Waals surface area contributed by atoms with Crippen molar-refractivity contribution in [3.8, 4) is 44.7 Å². The molecule has 1 spiro atoms. The normalized spacial score (nSPS) is 15.2. The number of para-hydroxylation sites is 1. The van der Waals surface area contributed by atoms with Crippen LogP contribution >= 0.6 is 0 Å². The number of benzene rings is 10. The molecule has 2 aliphatic rings. The summed E-state index contributed by atoms with van der Waals surface area (Å²) in [6.45, 7) is 0. The van der Waals surface area contributed by atoms with E-state index in [0.717, 1.165) is 11.3 Å². The molecular weight excluding hydrogens is 677 g/mol. The monoisotopic (exact) mass is 708 g/mol. The van der Waals surface area contributed by atoms with Crippen LogP contribution in [0.1, 0.15) is 22.3 Å². The van der Waals surface area contributed by atoms with E-state index in [0.29, 0.717) is 0 Å². The van der Waals surface area contributed by atoms with Crippen LogP contribution in [0, 0.1) is 0 Å². The Bertz CT molecular complexity index is 3430. The lowest BCUT2D eigenvalue weighted by molar-refractivity contribution is 0.628. The van der Waals surface area contributed by atoms with Gasteiger partial charge in [-0.2, -0.15) is 0 Å². The van der Waals surface area contributed by atoms with Gasteiger partial charge >= 0.3 is 0 Å². The molecule has 0 radical (unpaired) electrons. The van der Waals surface area contributed by atoms with Crippen molar-refractivity contribution in [2.24, 2.45) is 0 Å². The number of hydrogen-bond acceptors (Lipinski definition) is 1. The second-order valence-corrected chi connectivity index (χ2v) is 15.4. The Labute approximate surface area is 323 Å². The van der Waals surface area contributed by atoms with Gasteiger partial charge in [-0.1, -0.05) is 182 Å².